The first-order valence-corrected chi connectivity index (χ1v) is 27.5. The van der Waals surface area contributed by atoms with Gasteiger partial charge in [0.15, 0.2) is 11.6 Å². The first kappa shape index (κ1) is 52.6. The second-order valence-electron chi connectivity index (χ2n) is 20.2. The van der Waals surface area contributed by atoms with Gasteiger partial charge in [-0.1, -0.05) is 194 Å². The Balaban J connectivity index is 0.915. The Morgan fingerprint density at radius 1 is 0.305 bits per heavy atom. The summed E-state index contributed by atoms with van der Waals surface area (Å²) in [7, 11) is 0. The molecule has 12 rings (SSSR count). The van der Waals surface area contributed by atoms with Crippen LogP contribution in [0.2, 0.25) is 0 Å². The molecule has 2 unspecified atom stereocenters. The van der Waals surface area contributed by atoms with Crippen molar-refractivity contribution in [2.45, 2.75) is 64.7 Å². The zero-order valence-corrected chi connectivity index (χ0v) is 45.0. The van der Waals surface area contributed by atoms with Crippen molar-refractivity contribution < 1.29 is 47.5 Å². The largest absolute Gasteiger partial charge is 0.489 e. The van der Waals surface area contributed by atoms with Crippen molar-refractivity contribution in [2.24, 2.45) is 0 Å². The van der Waals surface area contributed by atoms with Crippen LogP contribution in [0.5, 0.6) is 46.0 Å². The Labute approximate surface area is 477 Å². The average molecular weight is 1080 g/mol. The van der Waals surface area contributed by atoms with Crippen LogP contribution in [-0.4, -0.2) is 11.6 Å². The van der Waals surface area contributed by atoms with E-state index in [4.69, 9.17) is 37.9 Å². The van der Waals surface area contributed by atoms with Gasteiger partial charge < -0.3 is 37.9 Å². The number of benzene rings is 10. The number of hydrogen-bond donors (Lipinski definition) is 0. The molecule has 10 heteroatoms. The van der Waals surface area contributed by atoms with Crippen molar-refractivity contribution in [1.82, 2.24) is 0 Å². The number of carbonyl (C=O) groups is 2. The fraction of sp³-hybridized carbons (Fsp3) is 0.139. The Bertz CT molecular complexity index is 3550. The first-order chi connectivity index (χ1) is 40.4. The SMILES string of the molecule is O=C1CC(c2ccc(OCc3ccccc3)c(-c3cc(C4CC(=O)c5c(OCc6ccccc6)cc(OCc6ccccc6)cc5O4)ccc3OCc3ccccc3)c2)Oc2cc(OCc3ccccc3)cc(OCc3ccccc3)c21. The van der Waals surface area contributed by atoms with Crippen LogP contribution < -0.4 is 37.9 Å². The molecule has 406 valence electrons. The van der Waals surface area contributed by atoms with Gasteiger partial charge in [0.2, 0.25) is 0 Å². The molecule has 2 aliphatic heterocycles. The summed E-state index contributed by atoms with van der Waals surface area (Å²) in [5.41, 5.74) is 9.39. The normalized spacial score (nSPS) is 14.3. The lowest BCUT2D eigenvalue weighted by atomic mass is 9.90. The third-order valence-corrected chi connectivity index (χ3v) is 14.4. The van der Waals surface area contributed by atoms with Gasteiger partial charge >= 0.3 is 0 Å². The molecule has 0 aliphatic carbocycles. The van der Waals surface area contributed by atoms with Crippen molar-refractivity contribution in [3.05, 3.63) is 298 Å². The lowest BCUT2D eigenvalue weighted by Crippen LogP contribution is -2.22. The zero-order chi connectivity index (χ0) is 55.5. The number of hydrogen-bond acceptors (Lipinski definition) is 10. The van der Waals surface area contributed by atoms with Gasteiger partial charge in [0.25, 0.3) is 0 Å². The second kappa shape index (κ2) is 24.9. The van der Waals surface area contributed by atoms with E-state index < -0.39 is 12.2 Å². The monoisotopic (exact) mass is 1080 g/mol. The number of rotatable bonds is 21. The number of Topliss-reactive ketones (excluding diaryl/α,β-unsaturated/α-hetero) is 2. The van der Waals surface area contributed by atoms with E-state index in [1.54, 1.807) is 24.3 Å². The maximum atomic E-state index is 14.6. The lowest BCUT2D eigenvalue weighted by Gasteiger charge is -2.29. The maximum absolute atomic E-state index is 14.6. The summed E-state index contributed by atoms with van der Waals surface area (Å²) < 4.78 is 52.9. The van der Waals surface area contributed by atoms with Gasteiger partial charge in [-0.25, -0.2) is 0 Å². The van der Waals surface area contributed by atoms with Crippen molar-refractivity contribution in [3.8, 4) is 57.1 Å². The topological polar surface area (TPSA) is 108 Å². The van der Waals surface area contributed by atoms with Crippen molar-refractivity contribution in [3.63, 3.8) is 0 Å². The highest BCUT2D eigenvalue weighted by Crippen LogP contribution is 2.48. The van der Waals surface area contributed by atoms with Crippen LogP contribution in [0.3, 0.4) is 0 Å². The second-order valence-corrected chi connectivity index (χ2v) is 20.2. The fourth-order valence-electron chi connectivity index (χ4n) is 10.2. The van der Waals surface area contributed by atoms with E-state index in [0.717, 1.165) is 44.5 Å². The summed E-state index contributed by atoms with van der Waals surface area (Å²) in [5, 5.41) is 0. The molecule has 0 fully saturated rings. The lowest BCUT2D eigenvalue weighted by molar-refractivity contribution is 0.0831. The van der Waals surface area contributed by atoms with E-state index in [9.17, 15) is 9.59 Å². The average Bonchev–Trinajstić information content (AvgIpc) is 3.61. The van der Waals surface area contributed by atoms with Gasteiger partial charge in [-0.2, -0.15) is 0 Å². The molecule has 0 bridgehead atoms. The summed E-state index contributed by atoms with van der Waals surface area (Å²) >= 11 is 0. The molecule has 0 amide bonds. The quantitative estimate of drug-likeness (QED) is 0.0690. The maximum Gasteiger partial charge on any atom is 0.174 e. The van der Waals surface area contributed by atoms with E-state index in [1.807, 2.05) is 218 Å². The minimum Gasteiger partial charge on any atom is -0.489 e. The van der Waals surface area contributed by atoms with Gasteiger partial charge in [0, 0.05) is 35.4 Å². The van der Waals surface area contributed by atoms with Gasteiger partial charge in [0.05, 0.1) is 12.8 Å². The Hall–Kier alpha value is -10.1. The summed E-state index contributed by atoms with van der Waals surface area (Å²) in [6.45, 7) is 1.64. The molecule has 0 spiro atoms. The standard InChI is InChI=1S/C72H58O10/c73-61-41-65(81-69-39-57(75-43-49-19-7-1-8-20-49)37-67(71(61)69)79-47-53-27-15-5-16-28-53)55-31-33-63(77-45-51-23-11-3-12-24-51)59(35-55)60-36-56(32-34-64(60)78-46-52-25-13-4-14-26-52)66-42-62(74)72-68(80-48-54-29-17-6-18-30-54)38-58(40-70(72)82-66)76-44-50-21-9-2-10-22-50/h1-40,65-66H,41-48H2. The molecule has 2 heterocycles. The molecular formula is C72H58O10. The summed E-state index contributed by atoms with van der Waals surface area (Å²) in [6, 6.07) is 78.2. The number of fused-ring (bicyclic) bond motifs is 2. The van der Waals surface area contributed by atoms with Crippen molar-refractivity contribution >= 4 is 11.6 Å². The van der Waals surface area contributed by atoms with E-state index in [1.165, 1.54) is 0 Å². The third-order valence-electron chi connectivity index (χ3n) is 14.4. The molecule has 0 saturated heterocycles. The smallest absolute Gasteiger partial charge is 0.174 e. The molecular weight excluding hydrogens is 1020 g/mol. The Morgan fingerprint density at radius 3 is 0.890 bits per heavy atom. The molecule has 2 aliphatic rings. The molecule has 10 nitrogen and oxygen atoms in total. The van der Waals surface area contributed by atoms with Crippen molar-refractivity contribution in [1.29, 1.82) is 0 Å². The number of ether oxygens (including phenoxy) is 8. The van der Waals surface area contributed by atoms with E-state index in [0.29, 0.717) is 81.5 Å². The summed E-state index contributed by atoms with van der Waals surface area (Å²) in [6.07, 6.45) is -1.35. The molecule has 0 saturated carbocycles. The predicted molar refractivity (Wildman–Crippen MR) is 314 cm³/mol. The van der Waals surface area contributed by atoms with E-state index in [2.05, 4.69) is 0 Å². The predicted octanol–water partition coefficient (Wildman–Crippen LogP) is 16.2. The molecule has 2 atom stereocenters. The fourth-order valence-corrected chi connectivity index (χ4v) is 10.2. The van der Waals surface area contributed by atoms with Crippen LogP contribution in [0, 0.1) is 0 Å². The minimum absolute atomic E-state index is 0.0333. The number of carbonyl (C=O) groups excluding carboxylic acids is 2. The third kappa shape index (κ3) is 12.7. The first-order valence-electron chi connectivity index (χ1n) is 27.5. The zero-order valence-electron chi connectivity index (χ0n) is 45.0. The highest BCUT2D eigenvalue weighted by Gasteiger charge is 2.35. The molecule has 0 N–H and O–H groups in total. The van der Waals surface area contributed by atoms with E-state index >= 15 is 0 Å². The van der Waals surface area contributed by atoms with Crippen LogP contribution in [0.25, 0.3) is 11.1 Å². The van der Waals surface area contributed by atoms with Crippen LogP contribution in [0.1, 0.15) is 90.3 Å². The minimum atomic E-state index is -0.711. The summed E-state index contributed by atoms with van der Waals surface area (Å²) in [5.74, 6) is 3.34. The highest BCUT2D eigenvalue weighted by atomic mass is 16.5. The van der Waals surface area contributed by atoms with Gasteiger partial charge in [0.1, 0.15) is 109 Å². The molecule has 0 aromatic heterocycles. The Kier molecular flexibility index (Phi) is 16.0. The van der Waals surface area contributed by atoms with E-state index in [-0.39, 0.29) is 50.8 Å². The Morgan fingerprint density at radius 2 is 0.585 bits per heavy atom. The van der Waals surface area contributed by atoms with Gasteiger partial charge in [-0.05, 0) is 68.8 Å². The highest BCUT2D eigenvalue weighted by molar-refractivity contribution is 6.03. The van der Waals surface area contributed by atoms with Crippen LogP contribution in [0.4, 0.5) is 0 Å². The van der Waals surface area contributed by atoms with Crippen LogP contribution >= 0.6 is 0 Å². The molecule has 10 aromatic rings. The van der Waals surface area contributed by atoms with Crippen LogP contribution in [0.15, 0.2) is 243 Å². The van der Waals surface area contributed by atoms with Gasteiger partial charge in [-0.3, -0.25) is 9.59 Å². The molecule has 10 aromatic carbocycles. The molecule has 0 radical (unpaired) electrons. The number of ketones is 2. The van der Waals surface area contributed by atoms with Gasteiger partial charge in [-0.15, -0.1) is 0 Å². The van der Waals surface area contributed by atoms with Crippen LogP contribution in [-0.2, 0) is 39.6 Å². The molecule has 82 heavy (non-hydrogen) atoms. The summed E-state index contributed by atoms with van der Waals surface area (Å²) in [4.78, 5) is 29.2. The van der Waals surface area contributed by atoms with Crippen molar-refractivity contribution in [2.75, 3.05) is 0 Å².